The fourth-order valence-electron chi connectivity index (χ4n) is 21.2. The van der Waals surface area contributed by atoms with Gasteiger partial charge in [-0.25, -0.2) is 0 Å². The number of rotatable bonds is 22. The number of ether oxygens (including phenoxy) is 1. The van der Waals surface area contributed by atoms with Gasteiger partial charge in [-0.1, -0.05) is 460 Å². The molecule has 12 heteroatoms. The van der Waals surface area contributed by atoms with E-state index in [0.717, 1.165) is 56.0 Å². The minimum absolute atomic E-state index is 0.00540. The van der Waals surface area contributed by atoms with Gasteiger partial charge in [0.15, 0.2) is 0 Å². The molecule has 0 aromatic heterocycles. The maximum Gasteiger partial charge on any atom is 0.295 e. The van der Waals surface area contributed by atoms with E-state index in [1.807, 2.05) is 60.7 Å². The summed E-state index contributed by atoms with van der Waals surface area (Å²) >= 11 is 0. The van der Waals surface area contributed by atoms with Gasteiger partial charge in [-0.15, -0.1) is 0 Å². The zero-order valence-electron chi connectivity index (χ0n) is 87.9. The minimum Gasteiger partial charge on any atom is -0.496 e. The van der Waals surface area contributed by atoms with Crippen LogP contribution in [0.3, 0.4) is 0 Å². The van der Waals surface area contributed by atoms with Crippen LogP contribution in [0.25, 0.3) is 0 Å². The molecule has 4 aliphatic carbocycles. The van der Waals surface area contributed by atoms with Gasteiger partial charge in [0.05, 0.1) is 7.11 Å². The predicted molar refractivity (Wildman–Crippen MR) is 629 cm³/mol. The summed E-state index contributed by atoms with van der Waals surface area (Å²) in [6.45, 7) is 45.8. The molecule has 0 amide bonds. The second kappa shape index (κ2) is 56.2. The topological polar surface area (TPSA) is 63.6 Å². The lowest BCUT2D eigenvalue weighted by Crippen LogP contribution is -2.27. The molecule has 0 saturated heterocycles. The highest BCUT2D eigenvalue weighted by atomic mass is 32.2. The first-order valence-electron chi connectivity index (χ1n) is 51.7. The van der Waals surface area contributed by atoms with E-state index < -0.39 is 26.0 Å². The Balaban J connectivity index is 0.000000157. The molecule has 4 nitrogen and oxygen atoms in total. The fourth-order valence-corrected chi connectivity index (χ4v) is 44.0. The molecule has 139 heavy (non-hydrogen) atoms. The number of aryl methyl sites for hydroxylation is 10. The van der Waals surface area contributed by atoms with Crippen LogP contribution < -0.4 is 73.7 Å². The van der Waals surface area contributed by atoms with Gasteiger partial charge in [0, 0.05) is 5.30 Å². The summed E-state index contributed by atoms with van der Waals surface area (Å²) in [4.78, 5) is -0.0289. The third-order valence-corrected chi connectivity index (χ3v) is 50.8. The Hall–Kier alpha value is -7.42. The van der Waals surface area contributed by atoms with E-state index in [-0.39, 0.29) is 49.7 Å². The van der Waals surface area contributed by atoms with Crippen molar-refractivity contribution in [3.05, 3.63) is 377 Å². The Bertz CT molecular complexity index is 5880. The van der Waals surface area contributed by atoms with Crippen molar-refractivity contribution in [2.24, 2.45) is 0 Å². The van der Waals surface area contributed by atoms with Crippen LogP contribution in [0.15, 0.2) is 320 Å². The molecule has 0 aliphatic heterocycles. The lowest BCUT2D eigenvalue weighted by atomic mass is 9.99. The van der Waals surface area contributed by atoms with Gasteiger partial charge in [0.2, 0.25) is 0 Å². The first-order chi connectivity index (χ1) is 66.9. The normalized spacial score (nSPS) is 15.3. The van der Waals surface area contributed by atoms with E-state index in [1.165, 1.54) is 217 Å². The molecule has 4 fully saturated rings. The van der Waals surface area contributed by atoms with E-state index in [4.69, 9.17) is 4.74 Å². The highest BCUT2D eigenvalue weighted by Gasteiger charge is 2.36. The van der Waals surface area contributed by atoms with E-state index in [9.17, 15) is 13.0 Å². The van der Waals surface area contributed by atoms with Crippen molar-refractivity contribution in [1.29, 1.82) is 0 Å². The Morgan fingerprint density at radius 3 is 0.942 bits per heavy atom. The molecule has 4 atom stereocenters. The smallest absolute Gasteiger partial charge is 0.295 e. The molecule has 13 aromatic carbocycles. The highest BCUT2D eigenvalue weighted by Crippen LogP contribution is 2.57. The molecular formula is C127H163O4P7S. The number of methoxy groups -OCH3 is 1. The largest absolute Gasteiger partial charge is 0.496 e. The number of hydrogen-bond donors (Lipinski definition) is 1. The summed E-state index contributed by atoms with van der Waals surface area (Å²) in [6, 6.07) is 112. The molecule has 4 unspecified atom stereocenters. The summed E-state index contributed by atoms with van der Waals surface area (Å²) in [5.74, 6) is 0.995. The average Bonchev–Trinajstić information content (AvgIpc) is 0.778. The van der Waals surface area contributed by atoms with Crippen molar-refractivity contribution in [3.63, 3.8) is 0 Å². The molecule has 0 bridgehead atoms. The Morgan fingerprint density at radius 2 is 0.583 bits per heavy atom. The van der Waals surface area contributed by atoms with E-state index in [1.54, 1.807) is 57.4 Å². The van der Waals surface area contributed by atoms with Crippen molar-refractivity contribution in [2.45, 2.75) is 317 Å². The minimum atomic E-state index is -4.28. The van der Waals surface area contributed by atoms with E-state index in [0.29, 0.717) is 5.30 Å². The summed E-state index contributed by atoms with van der Waals surface area (Å²) in [7, 11) is -4.57. The summed E-state index contributed by atoms with van der Waals surface area (Å²) in [6.07, 6.45) is 29.4. The first-order valence-corrected chi connectivity index (χ1v) is 63.1. The molecule has 17 rings (SSSR count). The van der Waals surface area contributed by atoms with Crippen molar-refractivity contribution in [1.82, 2.24) is 0 Å². The lowest BCUT2D eigenvalue weighted by molar-refractivity contribution is 0.408. The zero-order chi connectivity index (χ0) is 99.7. The Morgan fingerprint density at radius 1 is 0.288 bits per heavy atom. The molecule has 13 aromatic rings. The van der Waals surface area contributed by atoms with Crippen LogP contribution in [0.5, 0.6) is 5.75 Å². The van der Waals surface area contributed by atoms with Gasteiger partial charge in [-0.3, -0.25) is 4.55 Å². The maximum atomic E-state index is 11.8. The van der Waals surface area contributed by atoms with Crippen molar-refractivity contribution in [3.8, 4) is 5.75 Å². The van der Waals surface area contributed by atoms with Gasteiger partial charge in [0.25, 0.3) is 10.1 Å². The van der Waals surface area contributed by atoms with Gasteiger partial charge in [-0.05, 0) is 347 Å². The van der Waals surface area contributed by atoms with Crippen LogP contribution in [0.2, 0.25) is 0 Å². The summed E-state index contributed by atoms with van der Waals surface area (Å²) in [5.41, 5.74) is 21.6. The van der Waals surface area contributed by atoms with Crippen LogP contribution in [0, 0.1) is 76.2 Å². The Labute approximate surface area is 851 Å². The summed E-state index contributed by atoms with van der Waals surface area (Å²) in [5, 5.41) is 18.4. The molecular weight excluding hydrogens is 1840 g/mol. The number of hydrogen-bond acceptors (Lipinski definition) is 3. The van der Waals surface area contributed by atoms with Gasteiger partial charge >= 0.3 is 0 Å². The zero-order valence-corrected chi connectivity index (χ0v) is 95.0. The molecule has 1 N–H and O–H groups in total. The van der Waals surface area contributed by atoms with Crippen LogP contribution in [-0.4, -0.2) is 64.8 Å². The summed E-state index contributed by atoms with van der Waals surface area (Å²) < 4.78 is 38.8. The fraction of sp³-hybridized carbons (Fsp3) is 0.386. The third-order valence-electron chi connectivity index (χ3n) is 28.0. The monoisotopic (exact) mass is 2000 g/mol. The predicted octanol–water partition coefficient (Wildman–Crippen LogP) is 31.5. The molecule has 0 radical (unpaired) electrons. The molecule has 4 saturated carbocycles. The second-order valence-corrected chi connectivity index (χ2v) is 61.0. The third kappa shape index (κ3) is 32.0. The van der Waals surface area contributed by atoms with Crippen LogP contribution in [0.4, 0.5) is 0 Å². The average molecular weight is 2000 g/mol. The standard InChI is InChI=1S/C25H29OP.C19H29P.C19H23P.C18H15O3PS.C17H21P.C16H25P.C13H21P/c1-16-10-8-9-11-24(16)27(22-12-17(2)21(6)18(3)13-22)23-14-19(4)25(26-7)20(5)15-23;2*1-16-10-8-9-15-19(16)20(17-11-4-2-5-12-17)18-13-6-3-7-14-18;19-23(20,21)18-14-8-7-13-17(18)22(15-9-3-1-4-10-15)16-11-5-2-6-12-16;1-14-10-8-9-13-16(14)18(17(2,3)4)15-11-6-5-7-12-15;1-13(2)17(15-10-5-4-6-11-15)16-12-8-7-9-14(16)3;1-10(2)14(11(3)4)13-9-7-6-8-12(13)5/h8-15H,1-7H3;8-10,15,17-18H,2-7,11-14H2,1H3;2,4-5,8-12,15,18H,3,6-7,13-14H2,1H3;1-14H,(H,19,20,21);5-13H,1-4H3;7-9,12-13,15H,4-6,10-11H2,1-3H3;6-11H,1-5H3. The van der Waals surface area contributed by atoms with Crippen LogP contribution in [0.1, 0.15) is 252 Å². The molecule has 0 spiro atoms. The SMILES string of the molecule is COc1c(C)cc(P(c2cc(C)c(C)c(C)c2)c2ccccc2C)cc1C.Cc1ccccc1P(C(C)C)C(C)C.Cc1ccccc1P(C(C)C)C1CCCCC1.Cc1ccccc1P(C1CCCCC1)C1CCCCC1.Cc1ccccc1P(c1ccccc1)C(C)(C)C.Cc1ccccc1P(c1ccccc1)C1CCCCC1.O=S(=O)(O)c1ccccc1P(c1ccccc1)c1ccccc1. The Kier molecular flexibility index (Phi) is 45.2. The van der Waals surface area contributed by atoms with Gasteiger partial charge in [-0.2, -0.15) is 8.42 Å². The first kappa shape index (κ1) is 112. The maximum absolute atomic E-state index is 11.8. The van der Waals surface area contributed by atoms with Gasteiger partial charge in [0.1, 0.15) is 10.6 Å². The van der Waals surface area contributed by atoms with Crippen LogP contribution in [-0.2, 0) is 10.1 Å². The van der Waals surface area contributed by atoms with E-state index >= 15 is 0 Å². The number of benzene rings is 13. The van der Waals surface area contributed by atoms with E-state index in [2.05, 4.69) is 369 Å². The molecule has 736 valence electrons. The van der Waals surface area contributed by atoms with Crippen molar-refractivity contribution < 1.29 is 17.7 Å². The van der Waals surface area contributed by atoms with Crippen LogP contribution >= 0.6 is 55.5 Å². The van der Waals surface area contributed by atoms with Crippen molar-refractivity contribution >= 4 is 135 Å². The van der Waals surface area contributed by atoms with Crippen molar-refractivity contribution in [2.75, 3.05) is 7.11 Å². The lowest BCUT2D eigenvalue weighted by Gasteiger charge is -2.39. The van der Waals surface area contributed by atoms with Gasteiger partial charge < -0.3 is 4.74 Å². The molecule has 4 aliphatic rings. The second-order valence-electron chi connectivity index (χ2n) is 40.5. The molecule has 0 heterocycles. The highest BCUT2D eigenvalue weighted by molar-refractivity contribution is 7.88. The quantitative estimate of drug-likeness (QED) is 0.0543.